The average molecular weight is 261 g/mol. The first-order valence-electron chi connectivity index (χ1n) is 7.25. The van der Waals surface area contributed by atoms with Gasteiger partial charge in [0.2, 0.25) is 0 Å². The fourth-order valence-corrected chi connectivity index (χ4v) is 2.81. The molecule has 1 aliphatic rings. The predicted molar refractivity (Wildman–Crippen MR) is 78.5 cm³/mol. The maximum absolute atomic E-state index is 12.1. The molecule has 19 heavy (non-hydrogen) atoms. The normalized spacial score (nSPS) is 23.1. The van der Waals surface area contributed by atoms with Crippen LogP contribution in [0.1, 0.15) is 30.9 Å². The van der Waals surface area contributed by atoms with Crippen molar-refractivity contribution in [3.63, 3.8) is 0 Å². The van der Waals surface area contributed by atoms with E-state index < -0.39 is 0 Å². The Morgan fingerprint density at radius 3 is 2.84 bits per heavy atom. The van der Waals surface area contributed by atoms with Gasteiger partial charge in [0, 0.05) is 11.6 Å². The Bertz CT molecular complexity index is 456. The smallest absolute Gasteiger partial charge is 0.279 e. The van der Waals surface area contributed by atoms with Gasteiger partial charge in [-0.3, -0.25) is 4.79 Å². The van der Waals surface area contributed by atoms with E-state index in [0.29, 0.717) is 6.54 Å². The second kappa shape index (κ2) is 6.20. The molecule has 0 spiro atoms. The number of amides is 1. The van der Waals surface area contributed by atoms with Crippen LogP contribution in [-0.4, -0.2) is 25.5 Å². The number of benzene rings is 1. The first kappa shape index (κ1) is 14.1. The summed E-state index contributed by atoms with van der Waals surface area (Å²) in [5.74, 6) is 0.880. The van der Waals surface area contributed by atoms with E-state index in [1.807, 2.05) is 12.1 Å². The molecule has 3 nitrogen and oxygen atoms in total. The predicted octanol–water partition coefficient (Wildman–Crippen LogP) is 1.56. The third kappa shape index (κ3) is 4.06. The quantitative estimate of drug-likeness (QED) is 0.850. The molecule has 1 heterocycles. The summed E-state index contributed by atoms with van der Waals surface area (Å²) in [6.45, 7) is 9.28. The van der Waals surface area contributed by atoms with Gasteiger partial charge in [-0.15, -0.1) is 0 Å². The number of nitrogens with one attached hydrogen (secondary N) is 2. The number of carbonyl (C=O) groups excluding carboxylic acids is 1. The van der Waals surface area contributed by atoms with Gasteiger partial charge in [-0.1, -0.05) is 13.0 Å². The van der Waals surface area contributed by atoms with Gasteiger partial charge in [0.25, 0.3) is 5.91 Å². The Hall–Kier alpha value is -1.35. The number of anilines is 1. The van der Waals surface area contributed by atoms with Crippen molar-refractivity contribution in [3.8, 4) is 0 Å². The molecule has 1 fully saturated rings. The van der Waals surface area contributed by atoms with E-state index in [9.17, 15) is 4.79 Å². The zero-order valence-corrected chi connectivity index (χ0v) is 12.3. The van der Waals surface area contributed by atoms with Gasteiger partial charge >= 0.3 is 0 Å². The van der Waals surface area contributed by atoms with Crippen LogP contribution in [0, 0.1) is 19.8 Å². The minimum Gasteiger partial charge on any atom is -0.327 e. The average Bonchev–Trinajstić information content (AvgIpc) is 2.34. The summed E-state index contributed by atoms with van der Waals surface area (Å²) in [4.78, 5) is 13.5. The van der Waals surface area contributed by atoms with Gasteiger partial charge in [-0.05, 0) is 49.9 Å². The number of piperidine rings is 1. The third-order valence-electron chi connectivity index (χ3n) is 4.07. The molecule has 1 saturated heterocycles. The van der Waals surface area contributed by atoms with Gasteiger partial charge in [0.05, 0.1) is 13.1 Å². The van der Waals surface area contributed by atoms with E-state index in [-0.39, 0.29) is 5.91 Å². The topological polar surface area (TPSA) is 33.5 Å². The van der Waals surface area contributed by atoms with Crippen LogP contribution < -0.4 is 10.2 Å². The highest BCUT2D eigenvalue weighted by Crippen LogP contribution is 2.13. The van der Waals surface area contributed by atoms with Crippen LogP contribution in [0.5, 0.6) is 0 Å². The molecule has 1 aromatic rings. The molecule has 0 saturated carbocycles. The van der Waals surface area contributed by atoms with Crippen molar-refractivity contribution in [1.82, 2.24) is 0 Å². The second-order valence-corrected chi connectivity index (χ2v) is 5.98. The molecule has 1 unspecified atom stereocenters. The van der Waals surface area contributed by atoms with Gasteiger partial charge in [0.1, 0.15) is 0 Å². The highest BCUT2D eigenvalue weighted by Gasteiger charge is 2.21. The zero-order chi connectivity index (χ0) is 13.8. The first-order chi connectivity index (χ1) is 9.04. The van der Waals surface area contributed by atoms with Crippen LogP contribution in [0.2, 0.25) is 0 Å². The summed E-state index contributed by atoms with van der Waals surface area (Å²) in [5.41, 5.74) is 3.39. The standard InChI is InChI=1S/C16H24N2O/c1-12-5-4-8-18(10-12)11-16(19)17-15-7-6-13(2)14(3)9-15/h6-7,9,12H,4-5,8,10-11H2,1-3H3,(H,17,19)/p+1/t12-/m0/s1. The zero-order valence-electron chi connectivity index (χ0n) is 12.3. The number of likely N-dealkylation sites (tertiary alicyclic amines) is 1. The fourth-order valence-electron chi connectivity index (χ4n) is 2.81. The van der Waals surface area contributed by atoms with E-state index in [0.717, 1.165) is 24.7 Å². The van der Waals surface area contributed by atoms with E-state index in [1.54, 1.807) is 0 Å². The minimum absolute atomic E-state index is 0.132. The monoisotopic (exact) mass is 261 g/mol. The molecule has 1 aromatic carbocycles. The number of rotatable bonds is 3. The highest BCUT2D eigenvalue weighted by molar-refractivity contribution is 5.91. The number of hydrogen-bond acceptors (Lipinski definition) is 1. The number of quaternary nitrogens is 1. The van der Waals surface area contributed by atoms with E-state index in [4.69, 9.17) is 0 Å². The first-order valence-corrected chi connectivity index (χ1v) is 7.25. The Labute approximate surface area is 116 Å². The molecule has 1 aliphatic heterocycles. The molecule has 0 aliphatic carbocycles. The molecule has 0 radical (unpaired) electrons. The Morgan fingerprint density at radius 2 is 2.16 bits per heavy atom. The van der Waals surface area contributed by atoms with Gasteiger partial charge in [-0.2, -0.15) is 0 Å². The van der Waals surface area contributed by atoms with Crippen LogP contribution in [0.3, 0.4) is 0 Å². The van der Waals surface area contributed by atoms with Crippen molar-refractivity contribution in [2.45, 2.75) is 33.6 Å². The molecule has 2 rings (SSSR count). The lowest BCUT2D eigenvalue weighted by Gasteiger charge is -2.27. The largest absolute Gasteiger partial charge is 0.327 e. The van der Waals surface area contributed by atoms with Crippen LogP contribution in [-0.2, 0) is 4.79 Å². The number of hydrogen-bond donors (Lipinski definition) is 2. The fraction of sp³-hybridized carbons (Fsp3) is 0.562. The molecular weight excluding hydrogens is 236 g/mol. The lowest BCUT2D eigenvalue weighted by Crippen LogP contribution is -3.14. The molecule has 1 amide bonds. The van der Waals surface area contributed by atoms with Crippen molar-refractivity contribution in [2.75, 3.05) is 25.0 Å². The SMILES string of the molecule is Cc1ccc(NC(=O)C[NH+]2CCC[C@H](C)C2)cc1C. The summed E-state index contributed by atoms with van der Waals surface area (Å²) in [6.07, 6.45) is 2.55. The van der Waals surface area contributed by atoms with Crippen LogP contribution in [0.15, 0.2) is 18.2 Å². The van der Waals surface area contributed by atoms with Crippen LogP contribution in [0.25, 0.3) is 0 Å². The molecule has 2 N–H and O–H groups in total. The Kier molecular flexibility index (Phi) is 4.59. The maximum atomic E-state index is 12.1. The van der Waals surface area contributed by atoms with Crippen molar-refractivity contribution in [2.24, 2.45) is 5.92 Å². The van der Waals surface area contributed by atoms with Crippen molar-refractivity contribution in [3.05, 3.63) is 29.3 Å². The Morgan fingerprint density at radius 1 is 1.37 bits per heavy atom. The molecular formula is C16H25N2O+. The van der Waals surface area contributed by atoms with Gasteiger partial charge in [-0.25, -0.2) is 0 Å². The van der Waals surface area contributed by atoms with Gasteiger partial charge in [0.15, 0.2) is 6.54 Å². The summed E-state index contributed by atoms with van der Waals surface area (Å²) in [6, 6.07) is 6.08. The van der Waals surface area contributed by atoms with E-state index in [2.05, 4.69) is 32.2 Å². The van der Waals surface area contributed by atoms with Crippen molar-refractivity contribution >= 4 is 11.6 Å². The molecule has 3 heteroatoms. The number of carbonyl (C=O) groups is 1. The lowest BCUT2D eigenvalue weighted by molar-refractivity contribution is -0.900. The van der Waals surface area contributed by atoms with Crippen LogP contribution >= 0.6 is 0 Å². The summed E-state index contributed by atoms with van der Waals surface area (Å²) >= 11 is 0. The molecule has 0 bridgehead atoms. The van der Waals surface area contributed by atoms with E-state index in [1.165, 1.54) is 28.9 Å². The van der Waals surface area contributed by atoms with Gasteiger partial charge < -0.3 is 10.2 Å². The molecule has 2 atom stereocenters. The maximum Gasteiger partial charge on any atom is 0.279 e. The van der Waals surface area contributed by atoms with Crippen LogP contribution in [0.4, 0.5) is 5.69 Å². The minimum atomic E-state index is 0.132. The molecule has 104 valence electrons. The summed E-state index contributed by atoms with van der Waals surface area (Å²) in [5, 5.41) is 3.01. The Balaban J connectivity index is 1.88. The highest BCUT2D eigenvalue weighted by atomic mass is 16.2. The van der Waals surface area contributed by atoms with E-state index >= 15 is 0 Å². The number of aryl methyl sites for hydroxylation is 2. The third-order valence-corrected chi connectivity index (χ3v) is 4.07. The summed E-state index contributed by atoms with van der Waals surface area (Å²) < 4.78 is 0. The summed E-state index contributed by atoms with van der Waals surface area (Å²) in [7, 11) is 0. The molecule has 0 aromatic heterocycles. The second-order valence-electron chi connectivity index (χ2n) is 5.98. The van der Waals surface area contributed by atoms with Crippen molar-refractivity contribution in [1.29, 1.82) is 0 Å². The van der Waals surface area contributed by atoms with Crippen molar-refractivity contribution < 1.29 is 9.69 Å². The lowest BCUT2D eigenvalue weighted by atomic mass is 10.0.